The first-order chi connectivity index (χ1) is 10.2. The summed E-state index contributed by atoms with van der Waals surface area (Å²) in [6.07, 6.45) is 1.47. The summed E-state index contributed by atoms with van der Waals surface area (Å²) in [5, 5.41) is 10.2. The third kappa shape index (κ3) is 4.63. The highest BCUT2D eigenvalue weighted by Gasteiger charge is 2.16. The van der Waals surface area contributed by atoms with E-state index in [4.69, 9.17) is 14.2 Å². The zero-order valence-electron chi connectivity index (χ0n) is 12.3. The molecule has 1 aliphatic rings. The molecule has 0 aliphatic carbocycles. The van der Waals surface area contributed by atoms with E-state index in [1.54, 1.807) is 18.2 Å². The van der Waals surface area contributed by atoms with Gasteiger partial charge in [0.2, 0.25) is 0 Å². The SMILES string of the molecule is CCCOC(=O)CCC(O)c1ccc2c(c1)OCCCO2. The van der Waals surface area contributed by atoms with Crippen molar-refractivity contribution in [2.75, 3.05) is 19.8 Å². The molecular weight excluding hydrogens is 272 g/mol. The van der Waals surface area contributed by atoms with Gasteiger partial charge < -0.3 is 19.3 Å². The minimum atomic E-state index is -0.712. The van der Waals surface area contributed by atoms with Crippen LogP contribution in [0.2, 0.25) is 0 Å². The van der Waals surface area contributed by atoms with Crippen LogP contribution in [0.25, 0.3) is 0 Å². The summed E-state index contributed by atoms with van der Waals surface area (Å²) in [7, 11) is 0. The Bertz CT molecular complexity index is 472. The molecule has 0 spiro atoms. The highest BCUT2D eigenvalue weighted by Crippen LogP contribution is 2.33. The molecule has 1 heterocycles. The van der Waals surface area contributed by atoms with Crippen molar-refractivity contribution in [2.24, 2.45) is 0 Å². The normalized spacial score (nSPS) is 15.1. The van der Waals surface area contributed by atoms with Crippen molar-refractivity contribution in [3.63, 3.8) is 0 Å². The van der Waals surface area contributed by atoms with Gasteiger partial charge in [-0.05, 0) is 30.5 Å². The Balaban J connectivity index is 1.91. The molecule has 116 valence electrons. The molecule has 21 heavy (non-hydrogen) atoms. The number of rotatable bonds is 6. The first-order valence-electron chi connectivity index (χ1n) is 7.44. The summed E-state index contributed by atoms with van der Waals surface area (Å²) in [5.41, 5.74) is 0.725. The summed E-state index contributed by atoms with van der Waals surface area (Å²) >= 11 is 0. The molecule has 5 nitrogen and oxygen atoms in total. The number of carbonyl (C=O) groups excluding carboxylic acids is 1. The van der Waals surface area contributed by atoms with Gasteiger partial charge >= 0.3 is 5.97 Å². The van der Waals surface area contributed by atoms with Gasteiger partial charge in [0.1, 0.15) is 0 Å². The first-order valence-corrected chi connectivity index (χ1v) is 7.44. The third-order valence-corrected chi connectivity index (χ3v) is 3.25. The molecule has 0 bridgehead atoms. The van der Waals surface area contributed by atoms with Crippen LogP contribution in [-0.4, -0.2) is 30.9 Å². The minimum Gasteiger partial charge on any atom is -0.490 e. The van der Waals surface area contributed by atoms with E-state index in [1.807, 2.05) is 6.92 Å². The second-order valence-electron chi connectivity index (χ2n) is 5.03. The topological polar surface area (TPSA) is 65.0 Å². The molecular formula is C16H22O5. The molecule has 2 rings (SSSR count). The van der Waals surface area contributed by atoms with Crippen molar-refractivity contribution in [3.05, 3.63) is 23.8 Å². The van der Waals surface area contributed by atoms with Gasteiger partial charge in [0.05, 0.1) is 25.9 Å². The largest absolute Gasteiger partial charge is 0.490 e. The molecule has 1 atom stereocenters. The fourth-order valence-corrected chi connectivity index (χ4v) is 2.10. The summed E-state index contributed by atoms with van der Waals surface area (Å²) in [6, 6.07) is 5.38. The highest BCUT2D eigenvalue weighted by atomic mass is 16.5. The van der Waals surface area contributed by atoms with Crippen LogP contribution in [0.15, 0.2) is 18.2 Å². The predicted molar refractivity (Wildman–Crippen MR) is 77.5 cm³/mol. The average molecular weight is 294 g/mol. The Morgan fingerprint density at radius 3 is 2.86 bits per heavy atom. The van der Waals surface area contributed by atoms with E-state index in [2.05, 4.69) is 0 Å². The van der Waals surface area contributed by atoms with Gasteiger partial charge in [-0.2, -0.15) is 0 Å². The quantitative estimate of drug-likeness (QED) is 0.817. The Morgan fingerprint density at radius 1 is 1.33 bits per heavy atom. The predicted octanol–water partition coefficient (Wildman–Crippen LogP) is 2.61. The summed E-state index contributed by atoms with van der Waals surface area (Å²) in [5.74, 6) is 1.08. The molecule has 0 radical (unpaired) electrons. The number of carbonyl (C=O) groups is 1. The maximum absolute atomic E-state index is 11.4. The number of benzene rings is 1. The number of hydrogen-bond donors (Lipinski definition) is 1. The van der Waals surface area contributed by atoms with Crippen molar-refractivity contribution in [3.8, 4) is 11.5 Å². The molecule has 0 aromatic heterocycles. The van der Waals surface area contributed by atoms with Gasteiger partial charge in [-0.15, -0.1) is 0 Å². The van der Waals surface area contributed by atoms with Crippen LogP contribution in [-0.2, 0) is 9.53 Å². The number of esters is 1. The van der Waals surface area contributed by atoms with Crippen LogP contribution in [0.5, 0.6) is 11.5 Å². The molecule has 5 heteroatoms. The maximum atomic E-state index is 11.4. The lowest BCUT2D eigenvalue weighted by molar-refractivity contribution is -0.144. The Labute approximate surface area is 124 Å². The minimum absolute atomic E-state index is 0.204. The van der Waals surface area contributed by atoms with Crippen LogP contribution in [0.4, 0.5) is 0 Å². The second kappa shape index (κ2) is 7.88. The van der Waals surface area contributed by atoms with Crippen LogP contribution in [0.3, 0.4) is 0 Å². The van der Waals surface area contributed by atoms with E-state index in [0.717, 1.165) is 18.4 Å². The summed E-state index contributed by atoms with van der Waals surface area (Å²) in [4.78, 5) is 11.4. The average Bonchev–Trinajstić information content (AvgIpc) is 2.74. The molecule has 1 aromatic rings. The van der Waals surface area contributed by atoms with Crippen LogP contribution in [0.1, 0.15) is 44.3 Å². The van der Waals surface area contributed by atoms with Crippen molar-refractivity contribution in [1.82, 2.24) is 0 Å². The fourth-order valence-electron chi connectivity index (χ4n) is 2.10. The van der Waals surface area contributed by atoms with Crippen molar-refractivity contribution in [1.29, 1.82) is 0 Å². The van der Waals surface area contributed by atoms with E-state index in [0.29, 0.717) is 37.7 Å². The highest BCUT2D eigenvalue weighted by molar-refractivity contribution is 5.69. The van der Waals surface area contributed by atoms with Crippen LogP contribution < -0.4 is 9.47 Å². The van der Waals surface area contributed by atoms with Gasteiger partial charge in [-0.25, -0.2) is 0 Å². The molecule has 0 fully saturated rings. The molecule has 1 unspecified atom stereocenters. The molecule has 0 saturated carbocycles. The van der Waals surface area contributed by atoms with Crippen LogP contribution in [0, 0.1) is 0 Å². The Kier molecular flexibility index (Phi) is 5.87. The number of aliphatic hydroxyl groups excluding tert-OH is 1. The Morgan fingerprint density at radius 2 is 2.10 bits per heavy atom. The number of ether oxygens (including phenoxy) is 3. The van der Waals surface area contributed by atoms with Gasteiger partial charge in [-0.3, -0.25) is 4.79 Å². The lowest BCUT2D eigenvalue weighted by atomic mass is 10.0. The molecule has 1 aromatic carbocycles. The van der Waals surface area contributed by atoms with Crippen LogP contribution >= 0.6 is 0 Å². The van der Waals surface area contributed by atoms with E-state index in [-0.39, 0.29) is 12.4 Å². The standard InChI is InChI=1S/C16H22O5/c1-2-8-21-16(18)7-5-13(17)12-4-6-14-15(11-12)20-10-3-9-19-14/h4,6,11,13,17H,2-3,5,7-10H2,1H3. The van der Waals surface area contributed by atoms with E-state index >= 15 is 0 Å². The van der Waals surface area contributed by atoms with E-state index in [9.17, 15) is 9.90 Å². The van der Waals surface area contributed by atoms with Gasteiger partial charge in [0, 0.05) is 12.8 Å². The maximum Gasteiger partial charge on any atom is 0.305 e. The summed E-state index contributed by atoms with van der Waals surface area (Å²) in [6.45, 7) is 3.62. The van der Waals surface area contributed by atoms with Gasteiger partial charge in [0.15, 0.2) is 11.5 Å². The fraction of sp³-hybridized carbons (Fsp3) is 0.562. The van der Waals surface area contributed by atoms with Gasteiger partial charge in [0.25, 0.3) is 0 Å². The monoisotopic (exact) mass is 294 g/mol. The lowest BCUT2D eigenvalue weighted by Gasteiger charge is -2.14. The molecule has 0 amide bonds. The third-order valence-electron chi connectivity index (χ3n) is 3.25. The number of hydrogen-bond acceptors (Lipinski definition) is 5. The second-order valence-corrected chi connectivity index (χ2v) is 5.03. The first kappa shape index (κ1) is 15.6. The molecule has 1 N–H and O–H groups in total. The Hall–Kier alpha value is -1.75. The number of fused-ring (bicyclic) bond motifs is 1. The van der Waals surface area contributed by atoms with Crippen molar-refractivity contribution in [2.45, 2.75) is 38.7 Å². The molecule has 1 aliphatic heterocycles. The lowest BCUT2D eigenvalue weighted by Crippen LogP contribution is -2.08. The zero-order chi connectivity index (χ0) is 15.1. The van der Waals surface area contributed by atoms with Crippen molar-refractivity contribution >= 4 is 5.97 Å². The summed E-state index contributed by atoms with van der Waals surface area (Å²) < 4.78 is 16.1. The molecule has 0 saturated heterocycles. The number of aliphatic hydroxyl groups is 1. The van der Waals surface area contributed by atoms with E-state index in [1.165, 1.54) is 0 Å². The smallest absolute Gasteiger partial charge is 0.305 e. The zero-order valence-corrected chi connectivity index (χ0v) is 12.3. The van der Waals surface area contributed by atoms with Gasteiger partial charge in [-0.1, -0.05) is 13.0 Å². The van der Waals surface area contributed by atoms with E-state index < -0.39 is 6.10 Å². The van der Waals surface area contributed by atoms with Crippen molar-refractivity contribution < 1.29 is 24.1 Å².